The SMILES string of the molecule is Cc1ccc(COc2ncc(F)c(N(N)c3ccccc3)n2)cc1. The molecule has 0 spiro atoms. The smallest absolute Gasteiger partial charge is 0.318 e. The Kier molecular flexibility index (Phi) is 4.67. The predicted molar refractivity (Wildman–Crippen MR) is 90.3 cm³/mol. The van der Waals surface area contributed by atoms with Crippen molar-refractivity contribution in [3.8, 4) is 6.01 Å². The highest BCUT2D eigenvalue weighted by Gasteiger charge is 2.14. The van der Waals surface area contributed by atoms with E-state index in [9.17, 15) is 4.39 Å². The van der Waals surface area contributed by atoms with Crippen molar-refractivity contribution in [2.24, 2.45) is 5.84 Å². The number of hydrogen-bond donors (Lipinski definition) is 1. The monoisotopic (exact) mass is 324 g/mol. The Morgan fingerprint density at radius 1 is 1.08 bits per heavy atom. The van der Waals surface area contributed by atoms with Gasteiger partial charge in [-0.25, -0.2) is 15.2 Å². The van der Waals surface area contributed by atoms with Crippen LogP contribution in [-0.4, -0.2) is 9.97 Å². The summed E-state index contributed by atoms with van der Waals surface area (Å²) < 4.78 is 19.6. The van der Waals surface area contributed by atoms with Gasteiger partial charge in [0.25, 0.3) is 0 Å². The molecule has 0 fully saturated rings. The molecule has 0 saturated heterocycles. The Morgan fingerprint density at radius 2 is 1.79 bits per heavy atom. The highest BCUT2D eigenvalue weighted by Crippen LogP contribution is 2.23. The van der Waals surface area contributed by atoms with Gasteiger partial charge in [-0.05, 0) is 24.6 Å². The number of nitrogens with zero attached hydrogens (tertiary/aromatic N) is 3. The van der Waals surface area contributed by atoms with Crippen molar-refractivity contribution < 1.29 is 9.13 Å². The molecule has 1 heterocycles. The molecule has 0 saturated carbocycles. The molecular weight excluding hydrogens is 307 g/mol. The van der Waals surface area contributed by atoms with Crippen LogP contribution in [0.15, 0.2) is 60.8 Å². The molecule has 5 nitrogen and oxygen atoms in total. The summed E-state index contributed by atoms with van der Waals surface area (Å²) in [6, 6.07) is 17.0. The van der Waals surface area contributed by atoms with Gasteiger partial charge in [0.1, 0.15) is 6.61 Å². The van der Waals surface area contributed by atoms with Gasteiger partial charge in [-0.15, -0.1) is 0 Å². The molecule has 0 atom stereocenters. The molecule has 0 aliphatic heterocycles. The first kappa shape index (κ1) is 15.9. The largest absolute Gasteiger partial charge is 0.459 e. The van der Waals surface area contributed by atoms with Crippen molar-refractivity contribution in [1.29, 1.82) is 0 Å². The minimum atomic E-state index is -0.621. The predicted octanol–water partition coefficient (Wildman–Crippen LogP) is 3.51. The molecule has 2 aromatic carbocycles. The Hall–Kier alpha value is -2.99. The third kappa shape index (κ3) is 3.67. The fourth-order valence-electron chi connectivity index (χ4n) is 2.12. The first-order valence-corrected chi connectivity index (χ1v) is 7.44. The molecule has 3 rings (SSSR count). The van der Waals surface area contributed by atoms with Crippen LogP contribution in [0.25, 0.3) is 0 Å². The zero-order valence-electron chi connectivity index (χ0n) is 13.2. The number of rotatable bonds is 5. The van der Waals surface area contributed by atoms with Gasteiger partial charge < -0.3 is 4.74 Å². The van der Waals surface area contributed by atoms with Gasteiger partial charge in [-0.1, -0.05) is 48.0 Å². The van der Waals surface area contributed by atoms with E-state index >= 15 is 0 Å². The van der Waals surface area contributed by atoms with E-state index in [1.54, 1.807) is 12.1 Å². The Bertz CT molecular complexity index is 809. The lowest BCUT2D eigenvalue weighted by molar-refractivity contribution is 0.279. The first-order valence-electron chi connectivity index (χ1n) is 7.44. The zero-order valence-corrected chi connectivity index (χ0v) is 13.2. The second-order valence-corrected chi connectivity index (χ2v) is 5.30. The van der Waals surface area contributed by atoms with Crippen molar-refractivity contribution in [2.45, 2.75) is 13.5 Å². The van der Waals surface area contributed by atoms with E-state index in [-0.39, 0.29) is 11.8 Å². The lowest BCUT2D eigenvalue weighted by Crippen LogP contribution is -2.27. The minimum absolute atomic E-state index is 0.0462. The van der Waals surface area contributed by atoms with Crippen LogP contribution in [0.3, 0.4) is 0 Å². The van der Waals surface area contributed by atoms with E-state index in [4.69, 9.17) is 10.6 Å². The van der Waals surface area contributed by atoms with Crippen molar-refractivity contribution in [3.05, 3.63) is 77.7 Å². The molecule has 3 aromatic rings. The van der Waals surface area contributed by atoms with Crippen LogP contribution < -0.4 is 15.6 Å². The molecule has 0 bridgehead atoms. The van der Waals surface area contributed by atoms with Crippen LogP contribution >= 0.6 is 0 Å². The number of hydrazine groups is 1. The van der Waals surface area contributed by atoms with Crippen molar-refractivity contribution in [2.75, 3.05) is 5.01 Å². The normalized spacial score (nSPS) is 10.5. The van der Waals surface area contributed by atoms with E-state index in [2.05, 4.69) is 9.97 Å². The number of halogens is 1. The second kappa shape index (κ2) is 7.06. The van der Waals surface area contributed by atoms with Crippen molar-refractivity contribution in [1.82, 2.24) is 9.97 Å². The molecule has 1 aromatic heterocycles. The summed E-state index contributed by atoms with van der Waals surface area (Å²) in [5.74, 6) is 5.29. The third-order valence-electron chi connectivity index (χ3n) is 3.45. The fourth-order valence-corrected chi connectivity index (χ4v) is 2.12. The molecule has 0 unspecified atom stereocenters. The number of aryl methyl sites for hydroxylation is 1. The number of hydrogen-bond acceptors (Lipinski definition) is 5. The van der Waals surface area contributed by atoms with Gasteiger partial charge in [-0.3, -0.25) is 5.01 Å². The van der Waals surface area contributed by atoms with E-state index in [1.165, 1.54) is 5.56 Å². The number of para-hydroxylation sites is 1. The number of anilines is 2. The van der Waals surface area contributed by atoms with Crippen LogP contribution in [0.1, 0.15) is 11.1 Å². The van der Waals surface area contributed by atoms with Gasteiger partial charge in [0.15, 0.2) is 11.6 Å². The number of nitrogens with two attached hydrogens (primary N) is 1. The Morgan fingerprint density at radius 3 is 2.50 bits per heavy atom. The molecule has 24 heavy (non-hydrogen) atoms. The lowest BCUT2D eigenvalue weighted by Gasteiger charge is -2.18. The molecule has 122 valence electrons. The maximum Gasteiger partial charge on any atom is 0.318 e. The van der Waals surface area contributed by atoms with Crippen LogP contribution in [0.2, 0.25) is 0 Å². The number of aromatic nitrogens is 2. The van der Waals surface area contributed by atoms with Crippen LogP contribution in [0.4, 0.5) is 15.9 Å². The topological polar surface area (TPSA) is 64.3 Å². The third-order valence-corrected chi connectivity index (χ3v) is 3.45. The van der Waals surface area contributed by atoms with Gasteiger partial charge in [0.2, 0.25) is 0 Å². The Labute approximate surface area is 139 Å². The average molecular weight is 324 g/mol. The molecule has 0 amide bonds. The zero-order chi connectivity index (χ0) is 16.9. The maximum absolute atomic E-state index is 14.0. The summed E-state index contributed by atoms with van der Waals surface area (Å²) in [5.41, 5.74) is 2.75. The first-order chi connectivity index (χ1) is 11.6. The fraction of sp³-hybridized carbons (Fsp3) is 0.111. The van der Waals surface area contributed by atoms with Crippen LogP contribution in [-0.2, 0) is 6.61 Å². The number of ether oxygens (including phenoxy) is 1. The van der Waals surface area contributed by atoms with Gasteiger partial charge in [0, 0.05) is 0 Å². The minimum Gasteiger partial charge on any atom is -0.459 e. The van der Waals surface area contributed by atoms with Crippen LogP contribution in [0.5, 0.6) is 6.01 Å². The molecule has 0 radical (unpaired) electrons. The van der Waals surface area contributed by atoms with E-state index in [1.807, 2.05) is 49.4 Å². The lowest BCUT2D eigenvalue weighted by atomic mass is 10.2. The molecule has 2 N–H and O–H groups in total. The highest BCUT2D eigenvalue weighted by molar-refractivity contribution is 5.58. The maximum atomic E-state index is 14.0. The second-order valence-electron chi connectivity index (χ2n) is 5.30. The molecule has 0 aliphatic rings. The summed E-state index contributed by atoms with van der Waals surface area (Å²) in [5, 5.41) is 1.16. The van der Waals surface area contributed by atoms with Gasteiger partial charge in [-0.2, -0.15) is 4.98 Å². The van der Waals surface area contributed by atoms with E-state index in [0.717, 1.165) is 16.8 Å². The van der Waals surface area contributed by atoms with E-state index in [0.29, 0.717) is 12.3 Å². The van der Waals surface area contributed by atoms with Gasteiger partial charge in [0.05, 0.1) is 11.9 Å². The summed E-state index contributed by atoms with van der Waals surface area (Å²) in [6.45, 7) is 2.31. The molecule has 6 heteroatoms. The molecule has 0 aliphatic carbocycles. The molecular formula is C18H17FN4O. The standard InChI is InChI=1S/C18H17FN4O/c1-13-7-9-14(10-8-13)12-24-18-21-11-16(19)17(22-18)23(20)15-5-3-2-4-6-15/h2-11H,12,20H2,1H3. The quantitative estimate of drug-likeness (QED) is 0.575. The summed E-state index contributed by atoms with van der Waals surface area (Å²) in [6.07, 6.45) is 1.05. The summed E-state index contributed by atoms with van der Waals surface area (Å²) >= 11 is 0. The van der Waals surface area contributed by atoms with Crippen molar-refractivity contribution >= 4 is 11.5 Å². The summed E-state index contributed by atoms with van der Waals surface area (Å²) in [4.78, 5) is 7.93. The van der Waals surface area contributed by atoms with Crippen molar-refractivity contribution in [3.63, 3.8) is 0 Å². The number of benzene rings is 2. The average Bonchev–Trinajstić information content (AvgIpc) is 2.62. The van der Waals surface area contributed by atoms with E-state index < -0.39 is 5.82 Å². The highest BCUT2D eigenvalue weighted by atomic mass is 19.1. The summed E-state index contributed by atoms with van der Waals surface area (Å²) in [7, 11) is 0. The van der Waals surface area contributed by atoms with Crippen LogP contribution in [0, 0.1) is 12.7 Å². The van der Waals surface area contributed by atoms with Gasteiger partial charge >= 0.3 is 6.01 Å². The Balaban J connectivity index is 1.77.